The first-order chi connectivity index (χ1) is 7.34. The lowest BCUT2D eigenvalue weighted by Gasteiger charge is -1.93. The van der Waals surface area contributed by atoms with Crippen LogP contribution in [0.2, 0.25) is 0 Å². The van der Waals surface area contributed by atoms with E-state index in [1.165, 1.54) is 17.4 Å². The third-order valence-corrected chi connectivity index (χ3v) is 3.13. The highest BCUT2D eigenvalue weighted by atomic mass is 32.1. The smallest absolute Gasteiger partial charge is 0.250 e. The molecule has 3 nitrogen and oxygen atoms in total. The van der Waals surface area contributed by atoms with Crippen LogP contribution < -0.4 is 5.32 Å². The molecular weight excluding hydrogens is 228 g/mol. The summed E-state index contributed by atoms with van der Waals surface area (Å²) in [5.74, 6) is -0.154. The largest absolute Gasteiger partial charge is 0.298 e. The van der Waals surface area contributed by atoms with Crippen LogP contribution in [0.3, 0.4) is 0 Å². The highest BCUT2D eigenvalue weighted by Crippen LogP contribution is 2.12. The first-order valence-electron chi connectivity index (χ1n) is 4.26. The molecule has 0 fully saturated rings. The Bertz CT molecular complexity index is 446. The van der Waals surface area contributed by atoms with Gasteiger partial charge in [-0.05, 0) is 17.5 Å². The molecule has 0 atom stereocenters. The van der Waals surface area contributed by atoms with Crippen molar-refractivity contribution in [1.82, 2.24) is 4.98 Å². The molecule has 2 rings (SSSR count). The predicted octanol–water partition coefficient (Wildman–Crippen LogP) is 2.86. The molecule has 0 aromatic carbocycles. The minimum absolute atomic E-state index is 0.154. The summed E-state index contributed by atoms with van der Waals surface area (Å²) < 4.78 is 0. The lowest BCUT2D eigenvalue weighted by atomic mass is 10.4. The van der Waals surface area contributed by atoms with Gasteiger partial charge in [0, 0.05) is 22.5 Å². The van der Waals surface area contributed by atoms with Crippen LogP contribution in [0.5, 0.6) is 0 Å². The molecular formula is C10H8N2OS2. The van der Waals surface area contributed by atoms with E-state index < -0.39 is 0 Å². The summed E-state index contributed by atoms with van der Waals surface area (Å²) in [5, 5.41) is 7.08. The zero-order valence-electron chi connectivity index (χ0n) is 7.71. The highest BCUT2D eigenvalue weighted by Gasteiger charge is 1.98. The maximum absolute atomic E-state index is 11.4. The molecule has 76 valence electrons. The Morgan fingerprint density at radius 2 is 2.33 bits per heavy atom. The molecule has 0 saturated heterocycles. The number of thiophene rings is 1. The molecule has 0 unspecified atom stereocenters. The number of thiazole rings is 1. The fourth-order valence-corrected chi connectivity index (χ4v) is 2.13. The monoisotopic (exact) mass is 236 g/mol. The molecule has 5 heteroatoms. The number of amides is 1. The molecule has 2 heterocycles. The van der Waals surface area contributed by atoms with Gasteiger partial charge in [0.2, 0.25) is 5.91 Å². The van der Waals surface area contributed by atoms with E-state index in [0.717, 1.165) is 4.88 Å². The van der Waals surface area contributed by atoms with Crippen LogP contribution in [0.1, 0.15) is 4.88 Å². The molecule has 2 aromatic heterocycles. The Kier molecular flexibility index (Phi) is 3.26. The summed E-state index contributed by atoms with van der Waals surface area (Å²) in [4.78, 5) is 16.4. The van der Waals surface area contributed by atoms with Gasteiger partial charge in [0.15, 0.2) is 5.13 Å². The lowest BCUT2D eigenvalue weighted by molar-refractivity contribution is -0.111. The fourth-order valence-electron chi connectivity index (χ4n) is 0.976. The standard InChI is InChI=1S/C10H8N2OS2/c13-9(12-10-11-5-7-15-10)4-3-8-2-1-6-14-8/h1-7H,(H,11,12,13)/b4-3+. The van der Waals surface area contributed by atoms with Crippen LogP contribution in [0.15, 0.2) is 35.2 Å². The van der Waals surface area contributed by atoms with Crippen molar-refractivity contribution in [1.29, 1.82) is 0 Å². The zero-order valence-corrected chi connectivity index (χ0v) is 9.35. The molecule has 0 aliphatic carbocycles. The Morgan fingerprint density at radius 1 is 1.40 bits per heavy atom. The highest BCUT2D eigenvalue weighted by molar-refractivity contribution is 7.13. The topological polar surface area (TPSA) is 42.0 Å². The van der Waals surface area contributed by atoms with E-state index in [9.17, 15) is 4.79 Å². The summed E-state index contributed by atoms with van der Waals surface area (Å²) in [6.07, 6.45) is 4.95. The third-order valence-electron chi connectivity index (χ3n) is 1.60. The van der Waals surface area contributed by atoms with Gasteiger partial charge in [-0.2, -0.15) is 0 Å². The van der Waals surface area contributed by atoms with Crippen LogP contribution in [0, 0.1) is 0 Å². The van der Waals surface area contributed by atoms with Crippen molar-refractivity contribution < 1.29 is 4.79 Å². The molecule has 15 heavy (non-hydrogen) atoms. The van der Waals surface area contributed by atoms with Gasteiger partial charge >= 0.3 is 0 Å². The van der Waals surface area contributed by atoms with Crippen molar-refractivity contribution >= 4 is 39.8 Å². The Labute approximate surface area is 95.1 Å². The Morgan fingerprint density at radius 3 is 3.00 bits per heavy atom. The van der Waals surface area contributed by atoms with Crippen LogP contribution in [0.25, 0.3) is 6.08 Å². The van der Waals surface area contributed by atoms with Crippen molar-refractivity contribution in [2.45, 2.75) is 0 Å². The molecule has 0 aliphatic rings. The summed E-state index contributed by atoms with van der Waals surface area (Å²) in [6, 6.07) is 3.90. The van der Waals surface area contributed by atoms with Crippen molar-refractivity contribution in [3.05, 3.63) is 40.0 Å². The number of nitrogens with zero attached hydrogens (tertiary/aromatic N) is 1. The number of carbonyl (C=O) groups excluding carboxylic acids is 1. The van der Waals surface area contributed by atoms with Gasteiger partial charge in [0.05, 0.1) is 0 Å². The van der Waals surface area contributed by atoms with Gasteiger partial charge in [-0.25, -0.2) is 4.98 Å². The van der Waals surface area contributed by atoms with Crippen LogP contribution in [-0.2, 0) is 4.79 Å². The SMILES string of the molecule is O=C(/C=C/c1cccs1)Nc1nccs1. The number of carbonyl (C=O) groups is 1. The second kappa shape index (κ2) is 4.86. The average molecular weight is 236 g/mol. The molecule has 0 spiro atoms. The number of hydrogen-bond donors (Lipinski definition) is 1. The Balaban J connectivity index is 1.93. The number of rotatable bonds is 3. The van der Waals surface area contributed by atoms with Gasteiger partial charge in [-0.3, -0.25) is 10.1 Å². The van der Waals surface area contributed by atoms with E-state index in [2.05, 4.69) is 10.3 Å². The molecule has 2 aromatic rings. The van der Waals surface area contributed by atoms with Crippen molar-refractivity contribution in [2.75, 3.05) is 5.32 Å². The normalized spacial score (nSPS) is 10.7. The van der Waals surface area contributed by atoms with E-state index >= 15 is 0 Å². The lowest BCUT2D eigenvalue weighted by Crippen LogP contribution is -2.06. The summed E-state index contributed by atoms with van der Waals surface area (Å²) in [6.45, 7) is 0. The van der Waals surface area contributed by atoms with Crippen molar-refractivity contribution in [3.63, 3.8) is 0 Å². The maximum Gasteiger partial charge on any atom is 0.250 e. The van der Waals surface area contributed by atoms with Crippen LogP contribution in [-0.4, -0.2) is 10.9 Å². The van der Waals surface area contributed by atoms with Crippen molar-refractivity contribution in [3.8, 4) is 0 Å². The first kappa shape index (κ1) is 10.1. The van der Waals surface area contributed by atoms with Gasteiger partial charge < -0.3 is 0 Å². The number of aromatic nitrogens is 1. The van der Waals surface area contributed by atoms with E-state index in [0.29, 0.717) is 5.13 Å². The average Bonchev–Trinajstić information content (AvgIpc) is 2.86. The Hall–Kier alpha value is -1.46. The molecule has 0 bridgehead atoms. The van der Waals surface area contributed by atoms with Gasteiger partial charge in [0.25, 0.3) is 0 Å². The van der Waals surface area contributed by atoms with Gasteiger partial charge in [-0.15, -0.1) is 22.7 Å². The summed E-state index contributed by atoms with van der Waals surface area (Å²) in [5.41, 5.74) is 0. The molecule has 1 amide bonds. The third kappa shape index (κ3) is 3.00. The molecule has 0 radical (unpaired) electrons. The number of anilines is 1. The van der Waals surface area contributed by atoms with Gasteiger partial charge in [0.1, 0.15) is 0 Å². The molecule has 0 saturated carbocycles. The summed E-state index contributed by atoms with van der Waals surface area (Å²) in [7, 11) is 0. The number of nitrogens with one attached hydrogen (secondary N) is 1. The summed E-state index contributed by atoms with van der Waals surface area (Å²) >= 11 is 2.99. The minimum atomic E-state index is -0.154. The van der Waals surface area contributed by atoms with E-state index in [1.807, 2.05) is 22.9 Å². The van der Waals surface area contributed by atoms with E-state index in [4.69, 9.17) is 0 Å². The second-order valence-corrected chi connectivity index (χ2v) is 4.55. The van der Waals surface area contributed by atoms with E-state index in [-0.39, 0.29) is 5.91 Å². The fraction of sp³-hybridized carbons (Fsp3) is 0. The van der Waals surface area contributed by atoms with Crippen molar-refractivity contribution in [2.24, 2.45) is 0 Å². The minimum Gasteiger partial charge on any atom is -0.298 e. The van der Waals surface area contributed by atoms with Crippen LogP contribution in [0.4, 0.5) is 5.13 Å². The van der Waals surface area contributed by atoms with E-state index in [1.54, 1.807) is 23.6 Å². The van der Waals surface area contributed by atoms with Gasteiger partial charge in [-0.1, -0.05) is 6.07 Å². The predicted molar refractivity (Wildman–Crippen MR) is 64.1 cm³/mol. The quantitative estimate of drug-likeness (QED) is 0.833. The zero-order chi connectivity index (χ0) is 10.5. The molecule has 1 N–H and O–H groups in total. The number of hydrogen-bond acceptors (Lipinski definition) is 4. The maximum atomic E-state index is 11.4. The first-order valence-corrected chi connectivity index (χ1v) is 6.02. The van der Waals surface area contributed by atoms with Crippen LogP contribution >= 0.6 is 22.7 Å². The second-order valence-electron chi connectivity index (χ2n) is 2.68. The molecule has 0 aliphatic heterocycles.